The summed E-state index contributed by atoms with van der Waals surface area (Å²) in [4.78, 5) is 24.7. The highest BCUT2D eigenvalue weighted by molar-refractivity contribution is 5.96. The van der Waals surface area contributed by atoms with Crippen LogP contribution in [0.25, 0.3) is 0 Å². The second kappa shape index (κ2) is 6.00. The van der Waals surface area contributed by atoms with E-state index in [1.54, 1.807) is 13.0 Å². The van der Waals surface area contributed by atoms with Gasteiger partial charge in [0, 0.05) is 31.1 Å². The summed E-state index contributed by atoms with van der Waals surface area (Å²) in [5, 5.41) is 2.60. The molecule has 0 aliphatic carbocycles. The van der Waals surface area contributed by atoms with E-state index in [2.05, 4.69) is 5.32 Å². The van der Waals surface area contributed by atoms with Crippen LogP contribution in [0.4, 0.5) is 15.8 Å². The summed E-state index contributed by atoms with van der Waals surface area (Å²) in [6.45, 7) is 2.46. The molecule has 1 saturated heterocycles. The van der Waals surface area contributed by atoms with E-state index >= 15 is 0 Å². The van der Waals surface area contributed by atoms with Crippen molar-refractivity contribution in [2.24, 2.45) is 11.7 Å². The molecule has 3 N–H and O–H groups in total. The first-order valence-electron chi connectivity index (χ1n) is 6.63. The molecule has 1 atom stereocenters. The predicted molar refractivity (Wildman–Crippen MR) is 74.8 cm³/mol. The molecule has 1 aliphatic heterocycles. The first kappa shape index (κ1) is 14.5. The number of carbonyl (C=O) groups is 2. The van der Waals surface area contributed by atoms with E-state index in [-0.39, 0.29) is 30.0 Å². The van der Waals surface area contributed by atoms with Crippen LogP contribution in [0.3, 0.4) is 0 Å². The maximum Gasteiger partial charge on any atom is 0.228 e. The summed E-state index contributed by atoms with van der Waals surface area (Å²) >= 11 is 0. The molecule has 1 fully saturated rings. The highest BCUT2D eigenvalue weighted by Crippen LogP contribution is 2.26. The third kappa shape index (κ3) is 2.96. The van der Waals surface area contributed by atoms with E-state index in [4.69, 9.17) is 5.73 Å². The molecule has 2 rings (SSSR count). The lowest BCUT2D eigenvalue weighted by Crippen LogP contribution is -2.27. The molecule has 6 heteroatoms. The Hall–Kier alpha value is -1.95. The van der Waals surface area contributed by atoms with Crippen molar-refractivity contribution in [1.82, 2.24) is 0 Å². The number of amides is 2. The van der Waals surface area contributed by atoms with Crippen molar-refractivity contribution < 1.29 is 14.0 Å². The Labute approximate surface area is 116 Å². The zero-order valence-corrected chi connectivity index (χ0v) is 11.4. The van der Waals surface area contributed by atoms with Crippen LogP contribution in [0.1, 0.15) is 19.8 Å². The molecule has 2 amide bonds. The van der Waals surface area contributed by atoms with Gasteiger partial charge in [-0.15, -0.1) is 0 Å². The summed E-state index contributed by atoms with van der Waals surface area (Å²) in [6, 6.07) is 4.33. The number of hydrogen-bond donors (Lipinski definition) is 2. The molecule has 1 aromatic carbocycles. The Morgan fingerprint density at radius 1 is 1.55 bits per heavy atom. The third-order valence-corrected chi connectivity index (χ3v) is 3.38. The summed E-state index contributed by atoms with van der Waals surface area (Å²) in [7, 11) is 0. The average Bonchev–Trinajstić information content (AvgIpc) is 2.84. The zero-order chi connectivity index (χ0) is 14.7. The highest BCUT2D eigenvalue weighted by atomic mass is 19.1. The second-order valence-corrected chi connectivity index (χ2v) is 4.94. The maximum atomic E-state index is 14.0. The highest BCUT2D eigenvalue weighted by Gasteiger charge is 2.24. The van der Waals surface area contributed by atoms with Crippen molar-refractivity contribution >= 4 is 23.2 Å². The Morgan fingerprint density at radius 3 is 2.85 bits per heavy atom. The quantitative estimate of drug-likeness (QED) is 0.876. The molecule has 0 saturated carbocycles. The van der Waals surface area contributed by atoms with Crippen LogP contribution in [0.2, 0.25) is 0 Å². The fraction of sp³-hybridized carbons (Fsp3) is 0.429. The van der Waals surface area contributed by atoms with Gasteiger partial charge < -0.3 is 16.0 Å². The van der Waals surface area contributed by atoms with Crippen molar-refractivity contribution in [1.29, 1.82) is 0 Å². The number of hydrogen-bond acceptors (Lipinski definition) is 3. The van der Waals surface area contributed by atoms with Gasteiger partial charge in [-0.3, -0.25) is 9.59 Å². The van der Waals surface area contributed by atoms with Gasteiger partial charge in [0.15, 0.2) is 0 Å². The van der Waals surface area contributed by atoms with E-state index in [1.807, 2.05) is 0 Å². The number of nitrogens with two attached hydrogens (primary N) is 1. The number of rotatable bonds is 4. The SMILES string of the molecule is CC(CN)C(=O)Nc1ccc(N2CCCC2=O)c(F)c1. The smallest absolute Gasteiger partial charge is 0.228 e. The van der Waals surface area contributed by atoms with Crippen molar-refractivity contribution in [3.8, 4) is 0 Å². The number of halogens is 1. The summed E-state index contributed by atoms with van der Waals surface area (Å²) in [6.07, 6.45) is 1.19. The molecule has 0 radical (unpaired) electrons. The normalized spacial score (nSPS) is 16.4. The van der Waals surface area contributed by atoms with E-state index in [1.165, 1.54) is 17.0 Å². The number of benzene rings is 1. The lowest BCUT2D eigenvalue weighted by Gasteiger charge is -2.17. The van der Waals surface area contributed by atoms with Gasteiger partial charge in [-0.1, -0.05) is 6.92 Å². The minimum absolute atomic E-state index is 0.0718. The van der Waals surface area contributed by atoms with E-state index in [9.17, 15) is 14.0 Å². The van der Waals surface area contributed by atoms with E-state index in [0.717, 1.165) is 6.42 Å². The second-order valence-electron chi connectivity index (χ2n) is 4.94. The van der Waals surface area contributed by atoms with Crippen molar-refractivity contribution in [3.63, 3.8) is 0 Å². The number of nitrogens with zero attached hydrogens (tertiary/aromatic N) is 1. The third-order valence-electron chi connectivity index (χ3n) is 3.38. The van der Waals surface area contributed by atoms with Gasteiger partial charge in [0.05, 0.1) is 5.69 Å². The van der Waals surface area contributed by atoms with Crippen molar-refractivity contribution in [2.45, 2.75) is 19.8 Å². The van der Waals surface area contributed by atoms with Crippen molar-refractivity contribution in [2.75, 3.05) is 23.3 Å². The largest absolute Gasteiger partial charge is 0.330 e. The van der Waals surface area contributed by atoms with Crippen molar-refractivity contribution in [3.05, 3.63) is 24.0 Å². The minimum atomic E-state index is -0.515. The lowest BCUT2D eigenvalue weighted by molar-refractivity contribution is -0.119. The van der Waals surface area contributed by atoms with Gasteiger partial charge in [-0.2, -0.15) is 0 Å². The van der Waals surface area contributed by atoms with E-state index < -0.39 is 5.82 Å². The minimum Gasteiger partial charge on any atom is -0.330 e. The summed E-state index contributed by atoms with van der Waals surface area (Å²) < 4.78 is 14.0. The van der Waals surface area contributed by atoms with Gasteiger partial charge in [0.1, 0.15) is 5.82 Å². The van der Waals surface area contributed by atoms with Gasteiger partial charge in [-0.25, -0.2) is 4.39 Å². The van der Waals surface area contributed by atoms with Crippen LogP contribution < -0.4 is 16.0 Å². The van der Waals surface area contributed by atoms with Gasteiger partial charge in [0.25, 0.3) is 0 Å². The zero-order valence-electron chi connectivity index (χ0n) is 11.4. The van der Waals surface area contributed by atoms with Gasteiger partial charge in [-0.05, 0) is 24.6 Å². The van der Waals surface area contributed by atoms with E-state index in [0.29, 0.717) is 18.7 Å². The monoisotopic (exact) mass is 279 g/mol. The molecule has 20 heavy (non-hydrogen) atoms. The van der Waals surface area contributed by atoms with Crippen LogP contribution in [-0.2, 0) is 9.59 Å². The lowest BCUT2D eigenvalue weighted by atomic mass is 10.1. The topological polar surface area (TPSA) is 75.4 Å². The Balaban J connectivity index is 2.13. The first-order valence-corrected chi connectivity index (χ1v) is 6.63. The maximum absolute atomic E-state index is 14.0. The van der Waals surface area contributed by atoms with Crippen LogP contribution in [0.5, 0.6) is 0 Å². The Morgan fingerprint density at radius 2 is 2.30 bits per heavy atom. The average molecular weight is 279 g/mol. The summed E-state index contributed by atoms with van der Waals surface area (Å²) in [5.41, 5.74) is 6.03. The van der Waals surface area contributed by atoms with Crippen LogP contribution in [0, 0.1) is 11.7 Å². The molecule has 1 heterocycles. The molecular weight excluding hydrogens is 261 g/mol. The number of nitrogens with one attached hydrogen (secondary N) is 1. The van der Waals surface area contributed by atoms with Crippen LogP contribution in [-0.4, -0.2) is 24.9 Å². The van der Waals surface area contributed by atoms with Crippen LogP contribution >= 0.6 is 0 Å². The molecule has 0 spiro atoms. The number of anilines is 2. The van der Waals surface area contributed by atoms with Crippen LogP contribution in [0.15, 0.2) is 18.2 Å². The standard InChI is InChI=1S/C14H18FN3O2/c1-9(8-16)14(20)17-10-4-5-12(11(15)7-10)18-6-2-3-13(18)19/h4-5,7,9H,2-3,6,8,16H2,1H3,(H,17,20). The Kier molecular flexibility index (Phi) is 4.34. The molecule has 0 aromatic heterocycles. The predicted octanol–water partition coefficient (Wildman–Crippen LogP) is 1.49. The molecule has 1 aromatic rings. The number of carbonyl (C=O) groups excluding carboxylic acids is 2. The fourth-order valence-corrected chi connectivity index (χ4v) is 2.08. The van der Waals surface area contributed by atoms with Gasteiger partial charge in [0.2, 0.25) is 11.8 Å². The fourth-order valence-electron chi connectivity index (χ4n) is 2.08. The summed E-state index contributed by atoms with van der Waals surface area (Å²) in [5.74, 6) is -1.18. The first-order chi connectivity index (χ1) is 9.52. The molecule has 0 bridgehead atoms. The van der Waals surface area contributed by atoms with Gasteiger partial charge >= 0.3 is 0 Å². The Bertz CT molecular complexity index is 533. The molecule has 1 aliphatic rings. The molecule has 1 unspecified atom stereocenters. The molecule has 5 nitrogen and oxygen atoms in total. The molecular formula is C14H18FN3O2. The molecule has 108 valence electrons.